The molecule has 1 rings (SSSR count). The number of rotatable bonds is 5. The quantitative estimate of drug-likeness (QED) is 0.513. The van der Waals surface area contributed by atoms with E-state index in [0.717, 1.165) is 12.1 Å². The minimum absolute atomic E-state index is 0.00806. The van der Waals surface area contributed by atoms with E-state index in [-0.39, 0.29) is 29.1 Å². The Bertz CT molecular complexity index is 399. The number of nitrogens with zero attached hydrogens (tertiary/aromatic N) is 1. The smallest absolute Gasteiger partial charge is 0.312 e. The largest absolute Gasteiger partial charge is 0.487 e. The number of aliphatic hydroxyl groups is 1. The fourth-order valence-electron chi connectivity index (χ4n) is 1.02. The van der Waals surface area contributed by atoms with Gasteiger partial charge in [-0.15, -0.1) is 0 Å². The third-order valence-electron chi connectivity index (χ3n) is 1.76. The molecule has 0 aliphatic rings. The molecule has 0 saturated carbocycles. The highest BCUT2D eigenvalue weighted by Gasteiger charge is 2.18. The number of aliphatic hydroxyl groups excluding tert-OH is 1. The number of ether oxygens (including phenoxy) is 1. The van der Waals surface area contributed by atoms with Crippen LogP contribution in [0.2, 0.25) is 0 Å². The Kier molecular flexibility index (Phi) is 4.63. The van der Waals surface area contributed by atoms with Gasteiger partial charge in [0.15, 0.2) is 5.75 Å². The van der Waals surface area contributed by atoms with E-state index in [9.17, 15) is 14.5 Å². The van der Waals surface area contributed by atoms with Crippen molar-refractivity contribution in [2.24, 2.45) is 0 Å². The number of nitro groups is 1. The number of nitro benzene ring substituents is 1. The maximum atomic E-state index is 13.1. The standard InChI is InChI=1S/C9H9BrFNO4/c10-6-4-8(12(14)15)9(5-7(6)11)16-3-1-2-13/h4-5,13H,1-3H2. The van der Waals surface area contributed by atoms with Gasteiger partial charge in [-0.1, -0.05) is 0 Å². The predicted molar refractivity (Wildman–Crippen MR) is 58.0 cm³/mol. The first kappa shape index (κ1) is 12.9. The monoisotopic (exact) mass is 293 g/mol. The minimum Gasteiger partial charge on any atom is -0.487 e. The highest BCUT2D eigenvalue weighted by Crippen LogP contribution is 2.32. The highest BCUT2D eigenvalue weighted by atomic mass is 79.9. The molecular formula is C9H9BrFNO4. The SMILES string of the molecule is O=[N+]([O-])c1cc(Br)c(F)cc1OCCCO. The van der Waals surface area contributed by atoms with Crippen LogP contribution in [0.3, 0.4) is 0 Å². The van der Waals surface area contributed by atoms with Crippen molar-refractivity contribution in [3.63, 3.8) is 0 Å². The third-order valence-corrected chi connectivity index (χ3v) is 2.37. The van der Waals surface area contributed by atoms with Crippen molar-refractivity contribution < 1.29 is 19.2 Å². The molecular weight excluding hydrogens is 285 g/mol. The molecule has 0 heterocycles. The molecule has 5 nitrogen and oxygen atoms in total. The first-order valence-electron chi connectivity index (χ1n) is 4.43. The molecule has 0 radical (unpaired) electrons. The molecule has 0 unspecified atom stereocenters. The molecule has 0 atom stereocenters. The van der Waals surface area contributed by atoms with Gasteiger partial charge in [-0.3, -0.25) is 10.1 Å². The van der Waals surface area contributed by atoms with Gasteiger partial charge in [-0.05, 0) is 15.9 Å². The summed E-state index contributed by atoms with van der Waals surface area (Å²) < 4.78 is 18.2. The van der Waals surface area contributed by atoms with Crippen molar-refractivity contribution in [3.05, 3.63) is 32.5 Å². The van der Waals surface area contributed by atoms with Gasteiger partial charge in [0.25, 0.3) is 0 Å². The van der Waals surface area contributed by atoms with E-state index in [1.54, 1.807) is 0 Å². The molecule has 0 fully saturated rings. The number of halogens is 2. The maximum absolute atomic E-state index is 13.1. The van der Waals surface area contributed by atoms with Crippen LogP contribution < -0.4 is 4.74 Å². The van der Waals surface area contributed by atoms with Gasteiger partial charge >= 0.3 is 5.69 Å². The zero-order chi connectivity index (χ0) is 12.1. The van der Waals surface area contributed by atoms with Gasteiger partial charge in [-0.2, -0.15) is 0 Å². The molecule has 1 aromatic rings. The fourth-order valence-corrected chi connectivity index (χ4v) is 1.35. The summed E-state index contributed by atoms with van der Waals surface area (Å²) in [7, 11) is 0. The van der Waals surface area contributed by atoms with E-state index in [1.165, 1.54) is 0 Å². The Hall–Kier alpha value is -1.21. The number of hydrogen-bond acceptors (Lipinski definition) is 4. The molecule has 7 heteroatoms. The van der Waals surface area contributed by atoms with Crippen molar-refractivity contribution in [1.82, 2.24) is 0 Å². The molecule has 0 aromatic heterocycles. The lowest BCUT2D eigenvalue weighted by atomic mass is 10.3. The third kappa shape index (κ3) is 3.14. The van der Waals surface area contributed by atoms with Crippen molar-refractivity contribution in [2.75, 3.05) is 13.2 Å². The summed E-state index contributed by atoms with van der Waals surface area (Å²) in [4.78, 5) is 10.00. The zero-order valence-electron chi connectivity index (χ0n) is 8.15. The van der Waals surface area contributed by atoms with Gasteiger partial charge < -0.3 is 9.84 Å². The van der Waals surface area contributed by atoms with Gasteiger partial charge in [0.2, 0.25) is 0 Å². The summed E-state index contributed by atoms with van der Waals surface area (Å²) in [5.74, 6) is -0.774. The summed E-state index contributed by atoms with van der Waals surface area (Å²) in [6.45, 7) is 0.00518. The van der Waals surface area contributed by atoms with E-state index in [2.05, 4.69) is 15.9 Å². The van der Waals surface area contributed by atoms with E-state index in [1.807, 2.05) is 0 Å². The average molecular weight is 294 g/mol. The van der Waals surface area contributed by atoms with Crippen LogP contribution in [0.5, 0.6) is 5.75 Å². The molecule has 1 aromatic carbocycles. The molecule has 16 heavy (non-hydrogen) atoms. The van der Waals surface area contributed by atoms with Crippen LogP contribution in [0.1, 0.15) is 6.42 Å². The second-order valence-corrected chi connectivity index (χ2v) is 3.77. The summed E-state index contributed by atoms with van der Waals surface area (Å²) in [5, 5.41) is 19.2. The topological polar surface area (TPSA) is 72.6 Å². The van der Waals surface area contributed by atoms with Crippen LogP contribution in [0.25, 0.3) is 0 Å². The van der Waals surface area contributed by atoms with Crippen LogP contribution in [-0.4, -0.2) is 23.2 Å². The van der Waals surface area contributed by atoms with Crippen molar-refractivity contribution in [3.8, 4) is 5.75 Å². The van der Waals surface area contributed by atoms with Crippen LogP contribution in [0.15, 0.2) is 16.6 Å². The lowest BCUT2D eigenvalue weighted by Crippen LogP contribution is -2.03. The van der Waals surface area contributed by atoms with E-state index in [0.29, 0.717) is 6.42 Å². The van der Waals surface area contributed by atoms with Gasteiger partial charge in [-0.25, -0.2) is 4.39 Å². The van der Waals surface area contributed by atoms with Crippen molar-refractivity contribution in [1.29, 1.82) is 0 Å². The first-order valence-corrected chi connectivity index (χ1v) is 5.22. The lowest BCUT2D eigenvalue weighted by molar-refractivity contribution is -0.386. The first-order chi connectivity index (χ1) is 7.56. The second kappa shape index (κ2) is 5.76. The molecule has 1 N–H and O–H groups in total. The average Bonchev–Trinajstić information content (AvgIpc) is 2.23. The molecule has 0 spiro atoms. The van der Waals surface area contributed by atoms with Crippen LogP contribution in [0, 0.1) is 15.9 Å². The summed E-state index contributed by atoms with van der Waals surface area (Å²) >= 11 is 2.86. The van der Waals surface area contributed by atoms with Crippen molar-refractivity contribution >= 4 is 21.6 Å². The Morgan fingerprint density at radius 3 is 2.81 bits per heavy atom. The van der Waals surface area contributed by atoms with Crippen LogP contribution in [-0.2, 0) is 0 Å². The van der Waals surface area contributed by atoms with Gasteiger partial charge in [0.1, 0.15) is 5.82 Å². The molecule has 0 amide bonds. The summed E-state index contributed by atoms with van der Waals surface area (Å²) in [6.07, 6.45) is 0.328. The Morgan fingerprint density at radius 1 is 1.56 bits per heavy atom. The Morgan fingerprint density at radius 2 is 2.25 bits per heavy atom. The zero-order valence-corrected chi connectivity index (χ0v) is 9.74. The molecule has 0 aliphatic carbocycles. The van der Waals surface area contributed by atoms with E-state index in [4.69, 9.17) is 9.84 Å². The Labute approximate surface area is 99.1 Å². The second-order valence-electron chi connectivity index (χ2n) is 2.92. The van der Waals surface area contributed by atoms with Crippen molar-refractivity contribution in [2.45, 2.75) is 6.42 Å². The summed E-state index contributed by atoms with van der Waals surface area (Å²) in [6, 6.07) is 1.99. The maximum Gasteiger partial charge on any atom is 0.312 e. The van der Waals surface area contributed by atoms with E-state index >= 15 is 0 Å². The van der Waals surface area contributed by atoms with Gasteiger partial charge in [0, 0.05) is 25.2 Å². The molecule has 0 bridgehead atoms. The fraction of sp³-hybridized carbons (Fsp3) is 0.333. The van der Waals surface area contributed by atoms with Crippen LogP contribution >= 0.6 is 15.9 Å². The van der Waals surface area contributed by atoms with E-state index < -0.39 is 10.7 Å². The highest BCUT2D eigenvalue weighted by molar-refractivity contribution is 9.10. The normalized spacial score (nSPS) is 10.2. The number of hydrogen-bond donors (Lipinski definition) is 1. The van der Waals surface area contributed by atoms with Crippen LogP contribution in [0.4, 0.5) is 10.1 Å². The predicted octanol–water partition coefficient (Wildman–Crippen LogP) is 2.26. The molecule has 0 aliphatic heterocycles. The Balaban J connectivity index is 2.95. The molecule has 88 valence electrons. The summed E-state index contributed by atoms with van der Waals surface area (Å²) in [5.41, 5.74) is -0.314. The lowest BCUT2D eigenvalue weighted by Gasteiger charge is -2.06. The molecule has 0 saturated heterocycles. The number of benzene rings is 1. The van der Waals surface area contributed by atoms with Gasteiger partial charge in [0.05, 0.1) is 16.0 Å². The minimum atomic E-state index is -0.654.